The lowest BCUT2D eigenvalue weighted by molar-refractivity contribution is 0.141. The molecule has 4 heterocycles. The van der Waals surface area contributed by atoms with Gasteiger partial charge < -0.3 is 9.80 Å². The number of aromatic nitrogens is 2. The molecule has 2 aromatic rings. The zero-order chi connectivity index (χ0) is 20.5. The molecule has 5 rings (SSSR count). The maximum Gasteiger partial charge on any atom is 0.141 e. The first kappa shape index (κ1) is 20.7. The molecule has 0 aromatic carbocycles. The summed E-state index contributed by atoms with van der Waals surface area (Å²) in [6, 6.07) is 0.785. The Kier molecular flexibility index (Phi) is 6.29. The van der Waals surface area contributed by atoms with Crippen molar-refractivity contribution in [2.75, 3.05) is 31.1 Å². The maximum atomic E-state index is 5.25. The third-order valence-corrected chi connectivity index (χ3v) is 8.97. The van der Waals surface area contributed by atoms with Crippen LogP contribution < -0.4 is 4.90 Å². The maximum absolute atomic E-state index is 5.25. The summed E-state index contributed by atoms with van der Waals surface area (Å²) in [6.45, 7) is 9.48. The van der Waals surface area contributed by atoms with Crippen LogP contribution in [0, 0.1) is 0 Å². The van der Waals surface area contributed by atoms with Crippen molar-refractivity contribution in [1.82, 2.24) is 14.9 Å². The Labute approximate surface area is 186 Å². The molecule has 0 spiro atoms. The molecule has 1 atom stereocenters. The highest BCUT2D eigenvalue weighted by Gasteiger charge is 2.29. The molecule has 0 N–H and O–H groups in total. The van der Waals surface area contributed by atoms with Gasteiger partial charge in [-0.05, 0) is 76.4 Å². The fraction of sp³-hybridized carbons (Fsp3) is 0.760. The van der Waals surface area contributed by atoms with Crippen molar-refractivity contribution in [3.8, 4) is 0 Å². The second-order valence-electron chi connectivity index (χ2n) is 9.77. The molecule has 0 amide bonds. The summed E-state index contributed by atoms with van der Waals surface area (Å²) in [7, 11) is 0. The van der Waals surface area contributed by atoms with Crippen LogP contribution in [0.1, 0.15) is 93.8 Å². The fourth-order valence-electron chi connectivity index (χ4n) is 5.69. The molecule has 0 saturated carbocycles. The molecule has 0 radical (unpaired) electrons. The Morgan fingerprint density at radius 2 is 1.67 bits per heavy atom. The van der Waals surface area contributed by atoms with Gasteiger partial charge in [-0.3, -0.25) is 0 Å². The van der Waals surface area contributed by atoms with Crippen LogP contribution in [0.4, 0.5) is 5.82 Å². The van der Waals surface area contributed by atoms with Gasteiger partial charge in [-0.2, -0.15) is 0 Å². The summed E-state index contributed by atoms with van der Waals surface area (Å²) in [5.74, 6) is 2.77. The van der Waals surface area contributed by atoms with Crippen molar-refractivity contribution in [2.24, 2.45) is 0 Å². The Bertz CT molecular complexity index is 862. The van der Waals surface area contributed by atoms with Gasteiger partial charge >= 0.3 is 0 Å². The number of rotatable bonds is 4. The third kappa shape index (κ3) is 4.00. The quantitative estimate of drug-likeness (QED) is 0.567. The second-order valence-corrected chi connectivity index (χ2v) is 10.9. The van der Waals surface area contributed by atoms with Crippen molar-refractivity contribution >= 4 is 27.4 Å². The summed E-state index contributed by atoms with van der Waals surface area (Å²) in [5, 5.41) is 1.42. The highest BCUT2D eigenvalue weighted by Crippen LogP contribution is 2.40. The first-order valence-corrected chi connectivity index (χ1v) is 13.4. The van der Waals surface area contributed by atoms with Crippen LogP contribution in [0.15, 0.2) is 0 Å². The van der Waals surface area contributed by atoms with Crippen molar-refractivity contribution < 1.29 is 0 Å². The molecule has 2 saturated heterocycles. The van der Waals surface area contributed by atoms with Gasteiger partial charge in [-0.15, -0.1) is 11.3 Å². The van der Waals surface area contributed by atoms with Gasteiger partial charge in [0.05, 0.1) is 5.39 Å². The predicted octanol–water partition coefficient (Wildman–Crippen LogP) is 5.93. The minimum atomic E-state index is 0.431. The van der Waals surface area contributed by atoms with Gasteiger partial charge in [0.1, 0.15) is 16.5 Å². The van der Waals surface area contributed by atoms with E-state index in [4.69, 9.17) is 9.97 Å². The van der Waals surface area contributed by atoms with Crippen LogP contribution in [0.5, 0.6) is 0 Å². The van der Waals surface area contributed by atoms with Gasteiger partial charge in [0.2, 0.25) is 0 Å². The van der Waals surface area contributed by atoms with Gasteiger partial charge in [0.15, 0.2) is 0 Å². The molecular weight excluding hydrogens is 388 g/mol. The van der Waals surface area contributed by atoms with Crippen LogP contribution in [-0.2, 0) is 12.8 Å². The summed E-state index contributed by atoms with van der Waals surface area (Å²) in [4.78, 5) is 18.6. The number of hydrogen-bond acceptors (Lipinski definition) is 5. The van der Waals surface area contributed by atoms with E-state index in [1.54, 1.807) is 10.4 Å². The zero-order valence-corrected chi connectivity index (χ0v) is 19.8. The van der Waals surface area contributed by atoms with E-state index in [1.165, 1.54) is 93.3 Å². The number of fused-ring (bicyclic) bond motifs is 3. The van der Waals surface area contributed by atoms with E-state index in [1.807, 2.05) is 11.3 Å². The van der Waals surface area contributed by atoms with Gasteiger partial charge in [-0.25, -0.2) is 9.97 Å². The van der Waals surface area contributed by atoms with Gasteiger partial charge in [0.25, 0.3) is 0 Å². The van der Waals surface area contributed by atoms with E-state index in [9.17, 15) is 0 Å². The summed E-state index contributed by atoms with van der Waals surface area (Å²) >= 11 is 1.97. The normalized spacial score (nSPS) is 22.8. The Hall–Kier alpha value is -1.20. The van der Waals surface area contributed by atoms with E-state index >= 15 is 0 Å². The molecule has 4 nitrogen and oxygen atoms in total. The average molecular weight is 427 g/mol. The van der Waals surface area contributed by atoms with Crippen molar-refractivity contribution in [3.63, 3.8) is 0 Å². The number of aryl methyl sites for hydroxylation is 2. The molecule has 164 valence electrons. The smallest absolute Gasteiger partial charge is 0.141 e. The molecule has 2 fully saturated rings. The van der Waals surface area contributed by atoms with Crippen LogP contribution in [-0.4, -0.2) is 47.1 Å². The molecule has 0 bridgehead atoms. The van der Waals surface area contributed by atoms with Crippen LogP contribution in [0.25, 0.3) is 10.2 Å². The molecule has 5 heteroatoms. The highest BCUT2D eigenvalue weighted by molar-refractivity contribution is 7.19. The number of likely N-dealkylation sites (tertiary alicyclic amines) is 1. The second kappa shape index (κ2) is 9.12. The van der Waals surface area contributed by atoms with E-state index in [2.05, 4.69) is 23.6 Å². The molecule has 2 aliphatic heterocycles. The summed E-state index contributed by atoms with van der Waals surface area (Å²) in [6.07, 6.45) is 14.4. The topological polar surface area (TPSA) is 32.3 Å². The molecule has 30 heavy (non-hydrogen) atoms. The van der Waals surface area contributed by atoms with Gasteiger partial charge in [-0.1, -0.05) is 26.7 Å². The minimum absolute atomic E-state index is 0.431. The standard InChI is InChI=1S/C25H38N4S/c1-3-18(2)23-26-24(22-20-10-6-4-7-11-21(20)30-25(22)27-23)29-16-12-19(13-17-29)28-14-8-5-9-15-28/h18-19H,3-17H2,1-2H3. The lowest BCUT2D eigenvalue weighted by atomic mass is 9.99. The number of nitrogens with zero attached hydrogens (tertiary/aromatic N) is 4. The monoisotopic (exact) mass is 426 g/mol. The minimum Gasteiger partial charge on any atom is -0.356 e. The number of piperidine rings is 2. The lowest BCUT2D eigenvalue weighted by Crippen LogP contribution is -2.47. The largest absolute Gasteiger partial charge is 0.356 e. The molecule has 1 aliphatic carbocycles. The predicted molar refractivity (Wildman–Crippen MR) is 128 cm³/mol. The summed E-state index contributed by atoms with van der Waals surface area (Å²) < 4.78 is 0. The summed E-state index contributed by atoms with van der Waals surface area (Å²) in [5.41, 5.74) is 1.59. The Morgan fingerprint density at radius 3 is 2.43 bits per heavy atom. The van der Waals surface area contributed by atoms with Crippen LogP contribution in [0.2, 0.25) is 0 Å². The van der Waals surface area contributed by atoms with Crippen molar-refractivity contribution in [1.29, 1.82) is 0 Å². The van der Waals surface area contributed by atoms with E-state index in [-0.39, 0.29) is 0 Å². The molecular formula is C25H38N4S. The number of anilines is 1. The van der Waals surface area contributed by atoms with Crippen molar-refractivity contribution in [3.05, 3.63) is 16.3 Å². The van der Waals surface area contributed by atoms with Gasteiger partial charge in [0, 0.05) is 29.9 Å². The van der Waals surface area contributed by atoms with E-state index in [0.29, 0.717) is 5.92 Å². The Morgan fingerprint density at radius 1 is 0.933 bits per heavy atom. The van der Waals surface area contributed by atoms with E-state index < -0.39 is 0 Å². The molecule has 3 aliphatic rings. The van der Waals surface area contributed by atoms with Crippen molar-refractivity contribution in [2.45, 2.75) is 96.4 Å². The van der Waals surface area contributed by atoms with Crippen LogP contribution in [0.3, 0.4) is 0 Å². The fourth-order valence-corrected chi connectivity index (χ4v) is 6.95. The molecule has 2 aromatic heterocycles. The third-order valence-electron chi connectivity index (χ3n) is 7.79. The Balaban J connectivity index is 1.47. The average Bonchev–Trinajstić information content (AvgIpc) is 2.99. The number of thiophene rings is 1. The lowest BCUT2D eigenvalue weighted by Gasteiger charge is -2.40. The van der Waals surface area contributed by atoms with Crippen LogP contribution >= 0.6 is 11.3 Å². The first-order chi connectivity index (χ1) is 14.7. The first-order valence-electron chi connectivity index (χ1n) is 12.6. The highest BCUT2D eigenvalue weighted by atomic mass is 32.1. The molecule has 1 unspecified atom stereocenters. The number of hydrogen-bond donors (Lipinski definition) is 0. The van der Waals surface area contributed by atoms with E-state index in [0.717, 1.165) is 31.4 Å². The zero-order valence-electron chi connectivity index (χ0n) is 19.0. The SMILES string of the molecule is CCC(C)c1nc(N2CCC(N3CCCCC3)CC2)c2c3c(sc2n1)CCCCC3.